The minimum absolute atomic E-state index is 0.00302. The second-order valence-electron chi connectivity index (χ2n) is 6.95. The number of nitrogens with one attached hydrogen (secondary N) is 1. The maximum absolute atomic E-state index is 13.3. The van der Waals surface area contributed by atoms with Crippen LogP contribution in [0.3, 0.4) is 0 Å². The zero-order chi connectivity index (χ0) is 22.0. The number of alkyl halides is 3. The summed E-state index contributed by atoms with van der Waals surface area (Å²) in [6, 6.07) is 13.8. The summed E-state index contributed by atoms with van der Waals surface area (Å²) in [6.45, 7) is 1.96. The summed E-state index contributed by atoms with van der Waals surface area (Å²) in [6.07, 6.45) is -4.53. The molecular formula is C22H18BrF3N2O3. The number of carbonyl (C=O) groups is 1. The van der Waals surface area contributed by atoms with Gasteiger partial charge in [0.2, 0.25) is 0 Å². The topological polar surface area (TPSA) is 54.7 Å². The number of nitrogens with zero attached hydrogens (tertiary/aromatic N) is 1. The fourth-order valence-electron chi connectivity index (χ4n) is 3.31. The van der Waals surface area contributed by atoms with E-state index in [0.717, 1.165) is 22.2 Å². The zero-order valence-corrected chi connectivity index (χ0v) is 17.8. The third-order valence-electron chi connectivity index (χ3n) is 4.88. The Bertz CT molecular complexity index is 1070. The molecule has 1 fully saturated rings. The number of halogens is 4. The minimum Gasteiger partial charge on any atom is -0.451 e. The first kappa shape index (κ1) is 21.5. The van der Waals surface area contributed by atoms with Crippen LogP contribution in [0.5, 0.6) is 0 Å². The van der Waals surface area contributed by atoms with Crippen molar-refractivity contribution in [2.24, 2.45) is 0 Å². The summed E-state index contributed by atoms with van der Waals surface area (Å²) < 4.78 is 51.6. The summed E-state index contributed by atoms with van der Waals surface area (Å²) in [4.78, 5) is 14.7. The number of anilines is 2. The monoisotopic (exact) mass is 494 g/mol. The van der Waals surface area contributed by atoms with Gasteiger partial charge in [-0.15, -0.1) is 0 Å². The van der Waals surface area contributed by atoms with E-state index in [-0.39, 0.29) is 11.4 Å². The van der Waals surface area contributed by atoms with E-state index in [4.69, 9.17) is 9.15 Å². The van der Waals surface area contributed by atoms with E-state index in [1.165, 1.54) is 12.1 Å². The molecule has 5 nitrogen and oxygen atoms in total. The smallest absolute Gasteiger partial charge is 0.416 e. The summed E-state index contributed by atoms with van der Waals surface area (Å²) >= 11 is 3.36. The third-order valence-corrected chi connectivity index (χ3v) is 5.41. The summed E-state index contributed by atoms with van der Waals surface area (Å²) in [7, 11) is 0. The fraction of sp³-hybridized carbons (Fsp3) is 0.227. The first-order chi connectivity index (χ1) is 14.8. The molecule has 1 aliphatic heterocycles. The molecule has 2 heterocycles. The number of hydrogen-bond acceptors (Lipinski definition) is 4. The fourth-order valence-corrected chi connectivity index (χ4v) is 3.57. The van der Waals surface area contributed by atoms with Crippen LogP contribution in [0.4, 0.5) is 24.5 Å². The maximum atomic E-state index is 13.3. The van der Waals surface area contributed by atoms with Crippen LogP contribution in [0, 0.1) is 0 Å². The number of furan rings is 1. The Morgan fingerprint density at radius 3 is 2.39 bits per heavy atom. The first-order valence-electron chi connectivity index (χ1n) is 9.52. The number of ether oxygens (including phenoxy) is 1. The van der Waals surface area contributed by atoms with E-state index in [0.29, 0.717) is 37.8 Å². The molecule has 3 aromatic rings. The lowest BCUT2D eigenvalue weighted by molar-refractivity contribution is -0.137. The van der Waals surface area contributed by atoms with E-state index < -0.39 is 17.6 Å². The van der Waals surface area contributed by atoms with Crippen molar-refractivity contribution in [1.29, 1.82) is 0 Å². The maximum Gasteiger partial charge on any atom is 0.416 e. The number of amides is 1. The highest BCUT2D eigenvalue weighted by molar-refractivity contribution is 9.10. The standard InChI is InChI=1S/C22H18BrF3N2O3/c23-16-4-1-14(2-5-16)19-7-8-20(31-19)21(29)27-17-13-15(22(24,25)26)3-6-18(17)28-9-11-30-12-10-28/h1-8,13H,9-12H2,(H,27,29). The molecular weight excluding hydrogens is 477 g/mol. The highest BCUT2D eigenvalue weighted by Gasteiger charge is 2.32. The van der Waals surface area contributed by atoms with Crippen molar-refractivity contribution in [3.63, 3.8) is 0 Å². The van der Waals surface area contributed by atoms with Crippen LogP contribution >= 0.6 is 15.9 Å². The quantitative estimate of drug-likeness (QED) is 0.496. The van der Waals surface area contributed by atoms with Gasteiger partial charge >= 0.3 is 6.18 Å². The Hall–Kier alpha value is -2.78. The van der Waals surface area contributed by atoms with Gasteiger partial charge in [0.05, 0.1) is 30.2 Å². The molecule has 0 unspecified atom stereocenters. The number of morpholine rings is 1. The molecule has 0 saturated carbocycles. The molecule has 4 rings (SSSR count). The van der Waals surface area contributed by atoms with Gasteiger partial charge in [0.1, 0.15) is 5.76 Å². The average Bonchev–Trinajstić information content (AvgIpc) is 3.25. The molecule has 0 spiro atoms. The van der Waals surface area contributed by atoms with Crippen molar-refractivity contribution in [2.45, 2.75) is 6.18 Å². The molecule has 1 saturated heterocycles. The molecule has 31 heavy (non-hydrogen) atoms. The van der Waals surface area contributed by atoms with Crippen molar-refractivity contribution < 1.29 is 27.1 Å². The first-order valence-corrected chi connectivity index (χ1v) is 10.3. The van der Waals surface area contributed by atoms with Gasteiger partial charge < -0.3 is 19.4 Å². The molecule has 2 aromatic carbocycles. The van der Waals surface area contributed by atoms with Crippen molar-refractivity contribution in [1.82, 2.24) is 0 Å². The molecule has 0 radical (unpaired) electrons. The Morgan fingerprint density at radius 2 is 1.71 bits per heavy atom. The van der Waals surface area contributed by atoms with Gasteiger partial charge in [-0.3, -0.25) is 4.79 Å². The number of rotatable bonds is 4. The van der Waals surface area contributed by atoms with Crippen LogP contribution in [-0.2, 0) is 10.9 Å². The van der Waals surface area contributed by atoms with Gasteiger partial charge in [-0.1, -0.05) is 28.1 Å². The van der Waals surface area contributed by atoms with Gasteiger partial charge in [-0.2, -0.15) is 13.2 Å². The Morgan fingerprint density at radius 1 is 1.00 bits per heavy atom. The van der Waals surface area contributed by atoms with Gasteiger partial charge in [0, 0.05) is 23.1 Å². The molecule has 1 amide bonds. The zero-order valence-electron chi connectivity index (χ0n) is 16.2. The Labute approximate surface area is 184 Å². The Balaban J connectivity index is 1.61. The van der Waals surface area contributed by atoms with Crippen molar-refractivity contribution in [2.75, 3.05) is 36.5 Å². The van der Waals surface area contributed by atoms with E-state index in [2.05, 4.69) is 21.2 Å². The highest BCUT2D eigenvalue weighted by atomic mass is 79.9. The SMILES string of the molecule is O=C(Nc1cc(C(F)(F)F)ccc1N1CCOCC1)c1ccc(-c2ccc(Br)cc2)o1. The van der Waals surface area contributed by atoms with E-state index >= 15 is 0 Å². The van der Waals surface area contributed by atoms with E-state index in [9.17, 15) is 18.0 Å². The van der Waals surface area contributed by atoms with Gasteiger partial charge in [0.25, 0.3) is 5.91 Å². The number of carbonyl (C=O) groups excluding carboxylic acids is 1. The van der Waals surface area contributed by atoms with Gasteiger partial charge in [-0.05, 0) is 42.5 Å². The van der Waals surface area contributed by atoms with E-state index in [1.807, 2.05) is 29.2 Å². The van der Waals surface area contributed by atoms with Crippen LogP contribution in [0.15, 0.2) is 63.5 Å². The lowest BCUT2D eigenvalue weighted by Crippen LogP contribution is -2.36. The average molecular weight is 495 g/mol. The lowest BCUT2D eigenvalue weighted by atomic mass is 10.1. The van der Waals surface area contributed by atoms with Crippen molar-refractivity contribution >= 4 is 33.2 Å². The predicted molar refractivity (Wildman–Crippen MR) is 114 cm³/mol. The van der Waals surface area contributed by atoms with Gasteiger partial charge in [-0.25, -0.2) is 0 Å². The molecule has 9 heteroatoms. The third kappa shape index (κ3) is 4.94. The lowest BCUT2D eigenvalue weighted by Gasteiger charge is -2.30. The van der Waals surface area contributed by atoms with Crippen LogP contribution in [0.2, 0.25) is 0 Å². The number of hydrogen-bond donors (Lipinski definition) is 1. The second-order valence-corrected chi connectivity index (χ2v) is 7.87. The van der Waals surface area contributed by atoms with Crippen molar-refractivity contribution in [3.05, 3.63) is 70.4 Å². The molecule has 0 aliphatic carbocycles. The highest BCUT2D eigenvalue weighted by Crippen LogP contribution is 2.36. The minimum atomic E-state index is -4.53. The van der Waals surface area contributed by atoms with Crippen LogP contribution < -0.4 is 10.2 Å². The van der Waals surface area contributed by atoms with Crippen LogP contribution in [-0.4, -0.2) is 32.2 Å². The van der Waals surface area contributed by atoms with Crippen LogP contribution in [0.25, 0.3) is 11.3 Å². The Kier molecular flexibility index (Phi) is 6.06. The summed E-state index contributed by atoms with van der Waals surface area (Å²) in [5, 5.41) is 2.59. The van der Waals surface area contributed by atoms with Crippen molar-refractivity contribution in [3.8, 4) is 11.3 Å². The molecule has 0 bridgehead atoms. The molecule has 0 atom stereocenters. The normalized spacial score (nSPS) is 14.5. The predicted octanol–water partition coefficient (Wildman–Crippen LogP) is 5.82. The summed E-state index contributed by atoms with van der Waals surface area (Å²) in [5.74, 6) is -0.143. The number of benzene rings is 2. The summed E-state index contributed by atoms with van der Waals surface area (Å²) in [5.41, 5.74) is 0.512. The van der Waals surface area contributed by atoms with Gasteiger partial charge in [0.15, 0.2) is 5.76 Å². The molecule has 162 valence electrons. The largest absolute Gasteiger partial charge is 0.451 e. The second kappa shape index (κ2) is 8.76. The van der Waals surface area contributed by atoms with E-state index in [1.54, 1.807) is 6.07 Å². The molecule has 1 aromatic heterocycles. The molecule has 1 aliphatic rings. The molecule has 1 N–H and O–H groups in total. The van der Waals surface area contributed by atoms with Crippen LogP contribution in [0.1, 0.15) is 16.1 Å².